The summed E-state index contributed by atoms with van der Waals surface area (Å²) in [6.45, 7) is 0.901. The maximum atomic E-state index is 12.6. The van der Waals surface area contributed by atoms with E-state index in [9.17, 15) is 9.59 Å². The first-order chi connectivity index (χ1) is 13.6. The topological polar surface area (TPSA) is 93.0 Å². The molecule has 1 aliphatic heterocycles. The zero-order chi connectivity index (χ0) is 19.5. The third kappa shape index (κ3) is 3.90. The molecule has 0 unspecified atom stereocenters. The number of likely N-dealkylation sites (tertiary alicyclic amines) is 1. The molecule has 0 aliphatic carbocycles. The molecule has 1 aliphatic rings. The van der Waals surface area contributed by atoms with E-state index in [1.807, 2.05) is 43.6 Å². The molecule has 1 fully saturated rings. The van der Waals surface area contributed by atoms with E-state index in [4.69, 9.17) is 0 Å². The predicted molar refractivity (Wildman–Crippen MR) is 103 cm³/mol. The lowest BCUT2D eigenvalue weighted by molar-refractivity contribution is -0.128. The van der Waals surface area contributed by atoms with E-state index in [0.717, 1.165) is 11.1 Å². The van der Waals surface area contributed by atoms with Crippen molar-refractivity contribution in [2.24, 2.45) is 13.0 Å². The number of nitrogens with one attached hydrogen (secondary N) is 1. The number of anilines is 1. The van der Waals surface area contributed by atoms with Crippen LogP contribution in [-0.2, 0) is 23.2 Å². The van der Waals surface area contributed by atoms with Gasteiger partial charge in [-0.15, -0.1) is 0 Å². The maximum absolute atomic E-state index is 12.6. The molecule has 4 rings (SSSR count). The number of hydrogen-bond acceptors (Lipinski definition) is 5. The molecule has 1 saturated heterocycles. The molecule has 0 bridgehead atoms. The van der Waals surface area contributed by atoms with Crippen LogP contribution < -0.4 is 5.32 Å². The van der Waals surface area contributed by atoms with Crippen molar-refractivity contribution >= 4 is 17.8 Å². The van der Waals surface area contributed by atoms with Crippen molar-refractivity contribution in [3.63, 3.8) is 0 Å². The number of hydrogen-bond donors (Lipinski definition) is 1. The number of aromatic nitrogens is 4. The normalized spacial score (nSPS) is 16.4. The van der Waals surface area contributed by atoms with Crippen LogP contribution in [0.2, 0.25) is 0 Å². The SMILES string of the molecule is Cn1cc(-c2ccnc(NC(=O)[C@H]3CC(=O)N(Cc4ccccc4)C3)n2)cn1. The lowest BCUT2D eigenvalue weighted by Crippen LogP contribution is -2.28. The van der Waals surface area contributed by atoms with E-state index in [1.54, 1.807) is 28.0 Å². The summed E-state index contributed by atoms with van der Waals surface area (Å²) in [4.78, 5) is 35.1. The average Bonchev–Trinajstić information content (AvgIpc) is 3.29. The van der Waals surface area contributed by atoms with Crippen molar-refractivity contribution < 1.29 is 9.59 Å². The fraction of sp³-hybridized carbons (Fsp3) is 0.250. The summed E-state index contributed by atoms with van der Waals surface area (Å²) in [5.41, 5.74) is 2.56. The van der Waals surface area contributed by atoms with Crippen LogP contribution in [0.4, 0.5) is 5.95 Å². The number of benzene rings is 1. The van der Waals surface area contributed by atoms with Crippen LogP contribution >= 0.6 is 0 Å². The summed E-state index contributed by atoms with van der Waals surface area (Å²) in [5, 5.41) is 6.86. The van der Waals surface area contributed by atoms with E-state index in [-0.39, 0.29) is 24.2 Å². The van der Waals surface area contributed by atoms with Gasteiger partial charge in [0.1, 0.15) is 0 Å². The molecular formula is C20H20N6O2. The van der Waals surface area contributed by atoms with Gasteiger partial charge in [-0.3, -0.25) is 19.6 Å². The van der Waals surface area contributed by atoms with Gasteiger partial charge in [-0.25, -0.2) is 9.97 Å². The first kappa shape index (κ1) is 17.8. The highest BCUT2D eigenvalue weighted by Gasteiger charge is 2.34. The van der Waals surface area contributed by atoms with Crippen LogP contribution in [0.1, 0.15) is 12.0 Å². The number of rotatable bonds is 5. The fourth-order valence-corrected chi connectivity index (χ4v) is 3.25. The van der Waals surface area contributed by atoms with Crippen LogP contribution in [0.15, 0.2) is 55.0 Å². The Morgan fingerprint density at radius 3 is 2.82 bits per heavy atom. The second kappa shape index (κ2) is 7.59. The molecule has 8 heteroatoms. The third-order valence-electron chi connectivity index (χ3n) is 4.69. The van der Waals surface area contributed by atoms with Crippen LogP contribution in [0.25, 0.3) is 11.3 Å². The van der Waals surface area contributed by atoms with E-state index in [1.165, 1.54) is 0 Å². The number of carbonyl (C=O) groups is 2. The third-order valence-corrected chi connectivity index (χ3v) is 4.69. The highest BCUT2D eigenvalue weighted by Crippen LogP contribution is 2.22. The molecule has 0 radical (unpaired) electrons. The van der Waals surface area contributed by atoms with E-state index < -0.39 is 5.92 Å². The van der Waals surface area contributed by atoms with Gasteiger partial charge in [-0.2, -0.15) is 5.10 Å². The smallest absolute Gasteiger partial charge is 0.232 e. The van der Waals surface area contributed by atoms with Crippen LogP contribution in [-0.4, -0.2) is 43.0 Å². The van der Waals surface area contributed by atoms with Crippen molar-refractivity contribution in [2.45, 2.75) is 13.0 Å². The number of nitrogens with zero attached hydrogens (tertiary/aromatic N) is 5. The first-order valence-electron chi connectivity index (χ1n) is 9.03. The molecule has 1 N–H and O–H groups in total. The van der Waals surface area contributed by atoms with Crippen molar-refractivity contribution in [1.82, 2.24) is 24.6 Å². The molecule has 1 aromatic carbocycles. The Hall–Kier alpha value is -3.55. The molecule has 2 amide bonds. The van der Waals surface area contributed by atoms with Gasteiger partial charge < -0.3 is 4.90 Å². The second-order valence-electron chi connectivity index (χ2n) is 6.82. The molecular weight excluding hydrogens is 356 g/mol. The predicted octanol–water partition coefficient (Wildman–Crippen LogP) is 1.86. The second-order valence-corrected chi connectivity index (χ2v) is 6.82. The lowest BCUT2D eigenvalue weighted by Gasteiger charge is -2.16. The Morgan fingerprint density at radius 1 is 1.25 bits per heavy atom. The van der Waals surface area contributed by atoms with E-state index >= 15 is 0 Å². The highest BCUT2D eigenvalue weighted by atomic mass is 16.2. The highest BCUT2D eigenvalue weighted by molar-refractivity contribution is 5.96. The molecule has 3 aromatic rings. The lowest BCUT2D eigenvalue weighted by atomic mass is 10.1. The fourth-order valence-electron chi connectivity index (χ4n) is 3.25. The van der Waals surface area contributed by atoms with Crippen molar-refractivity contribution in [1.29, 1.82) is 0 Å². The Kier molecular flexibility index (Phi) is 4.84. The van der Waals surface area contributed by atoms with Gasteiger partial charge in [0.15, 0.2) is 0 Å². The van der Waals surface area contributed by atoms with Crippen molar-refractivity contribution in [2.75, 3.05) is 11.9 Å². The van der Waals surface area contributed by atoms with Crippen LogP contribution in [0.5, 0.6) is 0 Å². The van der Waals surface area contributed by atoms with Crippen LogP contribution in [0.3, 0.4) is 0 Å². The molecule has 0 saturated carbocycles. The zero-order valence-corrected chi connectivity index (χ0v) is 15.4. The molecule has 0 spiro atoms. The molecule has 142 valence electrons. The van der Waals surface area contributed by atoms with Gasteiger partial charge in [0.25, 0.3) is 0 Å². The maximum Gasteiger partial charge on any atom is 0.232 e. The standard InChI is InChI=1S/C20H20N6O2/c1-25-12-16(10-22-25)17-7-8-21-20(23-17)24-19(28)15-9-18(27)26(13-15)11-14-5-3-2-4-6-14/h2-8,10,12,15H,9,11,13H2,1H3,(H,21,23,24,28)/t15-/m0/s1. The first-order valence-corrected chi connectivity index (χ1v) is 9.03. The monoisotopic (exact) mass is 376 g/mol. The quantitative estimate of drug-likeness (QED) is 0.734. The minimum Gasteiger partial charge on any atom is -0.338 e. The van der Waals surface area contributed by atoms with Crippen LogP contribution in [0, 0.1) is 5.92 Å². The van der Waals surface area contributed by atoms with Gasteiger partial charge in [-0.05, 0) is 11.6 Å². The minimum atomic E-state index is -0.415. The average molecular weight is 376 g/mol. The summed E-state index contributed by atoms with van der Waals surface area (Å²) in [6, 6.07) is 11.5. The van der Waals surface area contributed by atoms with Gasteiger partial charge in [0.05, 0.1) is 17.8 Å². The Morgan fingerprint density at radius 2 is 2.07 bits per heavy atom. The van der Waals surface area contributed by atoms with Gasteiger partial charge in [0.2, 0.25) is 17.8 Å². The van der Waals surface area contributed by atoms with Crippen molar-refractivity contribution in [3.8, 4) is 11.3 Å². The number of carbonyl (C=O) groups excluding carboxylic acids is 2. The summed E-state index contributed by atoms with van der Waals surface area (Å²) in [5.74, 6) is -0.455. The Balaban J connectivity index is 1.41. The summed E-state index contributed by atoms with van der Waals surface area (Å²) in [7, 11) is 1.83. The molecule has 3 heterocycles. The zero-order valence-electron chi connectivity index (χ0n) is 15.4. The molecule has 8 nitrogen and oxygen atoms in total. The summed E-state index contributed by atoms with van der Waals surface area (Å²) in [6.07, 6.45) is 5.32. The molecule has 2 aromatic heterocycles. The van der Waals surface area contributed by atoms with Crippen molar-refractivity contribution in [3.05, 3.63) is 60.6 Å². The number of aryl methyl sites for hydroxylation is 1. The van der Waals surface area contributed by atoms with Gasteiger partial charge in [0, 0.05) is 44.5 Å². The van der Waals surface area contributed by atoms with Gasteiger partial charge in [-0.1, -0.05) is 30.3 Å². The molecule has 28 heavy (non-hydrogen) atoms. The van der Waals surface area contributed by atoms with Gasteiger partial charge >= 0.3 is 0 Å². The minimum absolute atomic E-state index is 0.0194. The van der Waals surface area contributed by atoms with E-state index in [2.05, 4.69) is 20.4 Å². The Bertz CT molecular complexity index is 1000. The summed E-state index contributed by atoms with van der Waals surface area (Å²) >= 11 is 0. The largest absolute Gasteiger partial charge is 0.338 e. The number of amides is 2. The summed E-state index contributed by atoms with van der Waals surface area (Å²) < 4.78 is 1.68. The Labute approximate surface area is 162 Å². The van der Waals surface area contributed by atoms with E-state index in [0.29, 0.717) is 18.8 Å². The molecule has 1 atom stereocenters.